The lowest BCUT2D eigenvalue weighted by molar-refractivity contribution is 0.421. The molecule has 90 valence electrons. The molecule has 1 heterocycles. The fourth-order valence-electron chi connectivity index (χ4n) is 2.86. The van der Waals surface area contributed by atoms with Gasteiger partial charge in [-0.05, 0) is 42.9 Å². The van der Waals surface area contributed by atoms with Crippen LogP contribution in [0.25, 0.3) is 11.0 Å². The molecule has 3 heteroatoms. The lowest BCUT2D eigenvalue weighted by Crippen LogP contribution is -2.19. The number of nitrogens with zero attached hydrogens (tertiary/aromatic N) is 2. The van der Waals surface area contributed by atoms with Gasteiger partial charge >= 0.3 is 5.69 Å². The average molecular weight is 230 g/mol. The highest BCUT2D eigenvalue weighted by Crippen LogP contribution is 2.39. The zero-order valence-corrected chi connectivity index (χ0v) is 10.7. The molecular weight excluding hydrogens is 212 g/mol. The van der Waals surface area contributed by atoms with Crippen molar-refractivity contribution in [3.05, 3.63) is 33.7 Å². The van der Waals surface area contributed by atoms with E-state index in [1.807, 2.05) is 14.1 Å². The van der Waals surface area contributed by atoms with Gasteiger partial charge in [-0.25, -0.2) is 4.79 Å². The lowest BCUT2D eigenvalue weighted by Gasteiger charge is -2.27. The van der Waals surface area contributed by atoms with Crippen LogP contribution in [0.3, 0.4) is 0 Å². The number of benzene rings is 1. The highest BCUT2D eigenvalue weighted by Gasteiger charge is 2.24. The summed E-state index contributed by atoms with van der Waals surface area (Å²) in [5, 5.41) is 0. The molecular formula is C14H18N2O. The van der Waals surface area contributed by atoms with Crippen LogP contribution >= 0.6 is 0 Å². The maximum Gasteiger partial charge on any atom is 0.328 e. The van der Waals surface area contributed by atoms with Gasteiger partial charge in [0.1, 0.15) is 0 Å². The summed E-state index contributed by atoms with van der Waals surface area (Å²) in [4.78, 5) is 12.0. The summed E-state index contributed by atoms with van der Waals surface area (Å²) < 4.78 is 3.55. The van der Waals surface area contributed by atoms with E-state index in [1.165, 1.54) is 30.4 Å². The van der Waals surface area contributed by atoms with Crippen LogP contribution in [0.4, 0.5) is 0 Å². The van der Waals surface area contributed by atoms with E-state index in [1.54, 1.807) is 9.13 Å². The lowest BCUT2D eigenvalue weighted by atomic mass is 9.79. The summed E-state index contributed by atoms with van der Waals surface area (Å²) in [6.45, 7) is 2.11. The molecule has 0 aliphatic heterocycles. The van der Waals surface area contributed by atoms with Gasteiger partial charge < -0.3 is 0 Å². The van der Waals surface area contributed by atoms with E-state index in [4.69, 9.17) is 0 Å². The Kier molecular flexibility index (Phi) is 2.18. The first-order valence-corrected chi connectivity index (χ1v) is 6.25. The number of aromatic nitrogens is 2. The molecule has 3 nitrogen and oxygen atoms in total. The van der Waals surface area contributed by atoms with Gasteiger partial charge in [0.2, 0.25) is 0 Å². The molecule has 17 heavy (non-hydrogen) atoms. The number of rotatable bonds is 1. The van der Waals surface area contributed by atoms with Crippen LogP contribution in [-0.4, -0.2) is 9.13 Å². The molecule has 0 spiro atoms. The number of aryl methyl sites for hydroxylation is 3. The van der Waals surface area contributed by atoms with E-state index in [2.05, 4.69) is 19.1 Å². The summed E-state index contributed by atoms with van der Waals surface area (Å²) >= 11 is 0. The fraction of sp³-hybridized carbons (Fsp3) is 0.500. The number of hydrogen-bond donors (Lipinski definition) is 0. The Morgan fingerprint density at radius 3 is 2.47 bits per heavy atom. The third-order valence-corrected chi connectivity index (χ3v) is 4.08. The van der Waals surface area contributed by atoms with Crippen molar-refractivity contribution >= 4 is 11.0 Å². The Morgan fingerprint density at radius 1 is 1.18 bits per heavy atom. The molecule has 1 aromatic heterocycles. The Morgan fingerprint density at radius 2 is 1.88 bits per heavy atom. The van der Waals surface area contributed by atoms with Crippen LogP contribution in [0.5, 0.6) is 0 Å². The van der Waals surface area contributed by atoms with Crippen LogP contribution in [0.1, 0.15) is 36.3 Å². The van der Waals surface area contributed by atoms with Crippen molar-refractivity contribution in [2.24, 2.45) is 14.1 Å². The predicted octanol–water partition coefficient (Wildman–Crippen LogP) is 2.45. The van der Waals surface area contributed by atoms with E-state index >= 15 is 0 Å². The van der Waals surface area contributed by atoms with Crippen LogP contribution in [0.2, 0.25) is 0 Å². The Bertz CT molecular complexity index is 644. The van der Waals surface area contributed by atoms with Gasteiger partial charge in [0.05, 0.1) is 11.0 Å². The van der Waals surface area contributed by atoms with E-state index in [0.29, 0.717) is 5.92 Å². The summed E-state index contributed by atoms with van der Waals surface area (Å²) in [5.74, 6) is 0.658. The van der Waals surface area contributed by atoms with Crippen molar-refractivity contribution in [2.75, 3.05) is 0 Å². The zero-order chi connectivity index (χ0) is 12.2. The highest BCUT2D eigenvalue weighted by atomic mass is 16.1. The summed E-state index contributed by atoms with van der Waals surface area (Å²) in [6, 6.07) is 4.37. The number of imidazole rings is 1. The van der Waals surface area contributed by atoms with Gasteiger partial charge in [-0.3, -0.25) is 9.13 Å². The van der Waals surface area contributed by atoms with Gasteiger partial charge in [0.25, 0.3) is 0 Å². The number of hydrogen-bond acceptors (Lipinski definition) is 1. The molecule has 2 aromatic rings. The molecule has 0 atom stereocenters. The number of fused-ring (bicyclic) bond motifs is 1. The van der Waals surface area contributed by atoms with Gasteiger partial charge in [0, 0.05) is 14.1 Å². The van der Waals surface area contributed by atoms with E-state index < -0.39 is 0 Å². The van der Waals surface area contributed by atoms with Crippen LogP contribution < -0.4 is 5.69 Å². The molecule has 1 aliphatic carbocycles. The van der Waals surface area contributed by atoms with Crippen molar-refractivity contribution in [1.29, 1.82) is 0 Å². The second-order valence-corrected chi connectivity index (χ2v) is 5.25. The standard InChI is InChI=1S/C14H18N2O/c1-9-7-11(10-5-4-6-10)13-12(8-9)15(2)14(17)16(13)3/h7-8,10H,4-6H2,1-3H3. The summed E-state index contributed by atoms with van der Waals surface area (Å²) in [7, 11) is 3.73. The van der Waals surface area contributed by atoms with Crippen molar-refractivity contribution in [2.45, 2.75) is 32.1 Å². The average Bonchev–Trinajstić information content (AvgIpc) is 2.41. The van der Waals surface area contributed by atoms with E-state index in [0.717, 1.165) is 11.0 Å². The van der Waals surface area contributed by atoms with Crippen molar-refractivity contribution in [3.63, 3.8) is 0 Å². The molecule has 3 rings (SSSR count). The predicted molar refractivity (Wildman–Crippen MR) is 69.5 cm³/mol. The summed E-state index contributed by atoms with van der Waals surface area (Å²) in [5.41, 5.74) is 4.89. The molecule has 1 saturated carbocycles. The van der Waals surface area contributed by atoms with Crippen LogP contribution in [0, 0.1) is 6.92 Å². The van der Waals surface area contributed by atoms with Gasteiger partial charge in [0.15, 0.2) is 0 Å². The molecule has 0 amide bonds. The molecule has 0 saturated heterocycles. The molecule has 0 unspecified atom stereocenters. The minimum atomic E-state index is 0.0752. The SMILES string of the molecule is Cc1cc(C2CCC2)c2c(c1)n(C)c(=O)n2C. The van der Waals surface area contributed by atoms with E-state index in [9.17, 15) is 4.79 Å². The Balaban J connectivity index is 2.40. The van der Waals surface area contributed by atoms with Crippen molar-refractivity contribution in [1.82, 2.24) is 9.13 Å². The quantitative estimate of drug-likeness (QED) is 0.739. The largest absolute Gasteiger partial charge is 0.328 e. The molecule has 0 N–H and O–H groups in total. The minimum absolute atomic E-state index is 0.0752. The second kappa shape index (κ2) is 3.49. The second-order valence-electron chi connectivity index (χ2n) is 5.25. The van der Waals surface area contributed by atoms with Gasteiger partial charge in [-0.2, -0.15) is 0 Å². The third-order valence-electron chi connectivity index (χ3n) is 4.08. The molecule has 1 fully saturated rings. The fourth-order valence-corrected chi connectivity index (χ4v) is 2.86. The zero-order valence-electron chi connectivity index (χ0n) is 10.7. The third kappa shape index (κ3) is 1.38. The first-order chi connectivity index (χ1) is 8.09. The first-order valence-electron chi connectivity index (χ1n) is 6.25. The van der Waals surface area contributed by atoms with Crippen LogP contribution in [-0.2, 0) is 14.1 Å². The highest BCUT2D eigenvalue weighted by molar-refractivity contribution is 5.81. The Hall–Kier alpha value is -1.51. The van der Waals surface area contributed by atoms with Crippen molar-refractivity contribution < 1.29 is 0 Å². The first kappa shape index (κ1) is 10.6. The Labute approximate surface area is 101 Å². The maximum absolute atomic E-state index is 12.0. The minimum Gasteiger partial charge on any atom is -0.295 e. The normalized spacial score (nSPS) is 16.4. The van der Waals surface area contributed by atoms with Crippen molar-refractivity contribution in [3.8, 4) is 0 Å². The topological polar surface area (TPSA) is 26.9 Å². The van der Waals surface area contributed by atoms with Gasteiger partial charge in [-0.15, -0.1) is 0 Å². The summed E-state index contributed by atoms with van der Waals surface area (Å²) in [6.07, 6.45) is 3.85. The molecule has 0 radical (unpaired) electrons. The maximum atomic E-state index is 12.0. The smallest absolute Gasteiger partial charge is 0.295 e. The molecule has 1 aliphatic rings. The van der Waals surface area contributed by atoms with E-state index in [-0.39, 0.29) is 5.69 Å². The van der Waals surface area contributed by atoms with Crippen LogP contribution in [0.15, 0.2) is 16.9 Å². The molecule has 1 aromatic carbocycles. The molecule has 0 bridgehead atoms. The van der Waals surface area contributed by atoms with Gasteiger partial charge in [-0.1, -0.05) is 12.5 Å². The monoisotopic (exact) mass is 230 g/mol.